The summed E-state index contributed by atoms with van der Waals surface area (Å²) >= 11 is 0. The normalized spacial score (nSPS) is 21.2. The SMILES string of the molecule is CC(=O)N(O)CCCC1NC(=O)CNC(=O)C(CO)NC(=O)C(CO)NC(=O)C(CCCN(O)C(=O)C=C(C)CCO)NC(=O)C(CCCN(O)C(=O)C=C(C)CCO)NC1=O. The highest BCUT2D eigenvalue weighted by Gasteiger charge is 2.33. The topological polar surface area (TPSA) is 377 Å². The summed E-state index contributed by atoms with van der Waals surface area (Å²) in [6, 6.07) is -8.19. The van der Waals surface area contributed by atoms with Gasteiger partial charge in [-0.05, 0) is 65.2 Å². The number of aliphatic hydroxyl groups excluding tert-OH is 4. The Balaban J connectivity index is 3.65. The van der Waals surface area contributed by atoms with E-state index in [1.165, 1.54) is 0 Å². The summed E-state index contributed by atoms with van der Waals surface area (Å²) in [5.41, 5.74) is 0.900. The van der Waals surface area contributed by atoms with Crippen LogP contribution in [0.25, 0.3) is 0 Å². The van der Waals surface area contributed by atoms with Gasteiger partial charge in [0.2, 0.25) is 41.4 Å². The van der Waals surface area contributed by atoms with Crippen LogP contribution < -0.4 is 31.9 Å². The molecule has 1 fully saturated rings. The van der Waals surface area contributed by atoms with Gasteiger partial charge in [-0.3, -0.25) is 58.8 Å². The van der Waals surface area contributed by atoms with Crippen molar-refractivity contribution >= 4 is 53.2 Å². The van der Waals surface area contributed by atoms with E-state index in [1.807, 2.05) is 0 Å². The van der Waals surface area contributed by atoms with Crippen LogP contribution in [-0.2, 0) is 43.2 Å². The zero-order valence-corrected chi connectivity index (χ0v) is 35.0. The first-order valence-electron chi connectivity index (χ1n) is 19.8. The molecule has 62 heavy (non-hydrogen) atoms. The molecule has 1 rings (SSSR count). The van der Waals surface area contributed by atoms with Crippen LogP contribution in [0.4, 0.5) is 0 Å². The quantitative estimate of drug-likeness (QED) is 0.0310. The summed E-state index contributed by atoms with van der Waals surface area (Å²) < 4.78 is 0. The van der Waals surface area contributed by atoms with Gasteiger partial charge in [-0.25, -0.2) is 15.2 Å². The summed E-state index contributed by atoms with van der Waals surface area (Å²) in [6.07, 6.45) is 1.08. The van der Waals surface area contributed by atoms with Crippen molar-refractivity contribution in [1.29, 1.82) is 0 Å². The first-order chi connectivity index (χ1) is 29.3. The minimum absolute atomic E-state index is 0.0868. The lowest BCUT2D eigenvalue weighted by molar-refractivity contribution is -0.163. The van der Waals surface area contributed by atoms with E-state index >= 15 is 0 Å². The van der Waals surface area contributed by atoms with Crippen LogP contribution in [0, 0.1) is 0 Å². The standard InChI is InChI=1S/C37H61N9O16/c1-22(10-15-47)17-31(53)45(61)13-5-8-26-35(57)41-27(9-6-14-46(62)32(54)18-23(2)11-16-48)36(58)43-29(21-50)37(59)42-28(20-49)33(55)38-19-30(52)39-25(34(56)40-26)7-4-12-44(60)24(3)51/h17-18,25-29,47-50,60-62H,4-16,19-21H2,1-3H3,(H,38,55)(H,39,52)(H,40,56)(H,41,57)(H,42,59)(H,43,58). The number of hydrogen-bond acceptors (Lipinski definition) is 16. The molecule has 25 nitrogen and oxygen atoms in total. The maximum atomic E-state index is 14.0. The van der Waals surface area contributed by atoms with Crippen molar-refractivity contribution in [3.63, 3.8) is 0 Å². The summed E-state index contributed by atoms with van der Waals surface area (Å²) in [4.78, 5) is 117. The van der Waals surface area contributed by atoms with E-state index in [0.29, 0.717) is 26.3 Å². The third kappa shape index (κ3) is 20.3. The second kappa shape index (κ2) is 28.9. The fraction of sp³-hybridized carbons (Fsp3) is 0.649. The van der Waals surface area contributed by atoms with Crippen LogP contribution in [0.5, 0.6) is 0 Å². The summed E-state index contributed by atoms with van der Waals surface area (Å²) in [6.45, 7) is -0.280. The van der Waals surface area contributed by atoms with Crippen LogP contribution >= 0.6 is 0 Å². The average Bonchev–Trinajstić information content (AvgIpc) is 3.21. The molecule has 1 saturated heterocycles. The van der Waals surface area contributed by atoms with Crippen molar-refractivity contribution in [1.82, 2.24) is 47.1 Å². The number of carbonyl (C=O) groups excluding carboxylic acids is 9. The van der Waals surface area contributed by atoms with Crippen LogP contribution in [0.1, 0.15) is 72.1 Å². The van der Waals surface area contributed by atoms with Gasteiger partial charge < -0.3 is 52.3 Å². The largest absolute Gasteiger partial charge is 0.396 e. The Morgan fingerprint density at radius 1 is 0.532 bits per heavy atom. The molecular weight excluding hydrogens is 826 g/mol. The molecule has 0 spiro atoms. The van der Waals surface area contributed by atoms with Crippen LogP contribution in [0.3, 0.4) is 0 Å². The molecular formula is C37H61N9O16. The van der Waals surface area contributed by atoms with Crippen molar-refractivity contribution in [2.45, 2.75) is 102 Å². The van der Waals surface area contributed by atoms with E-state index in [9.17, 15) is 69.0 Å². The molecule has 1 heterocycles. The van der Waals surface area contributed by atoms with Gasteiger partial charge in [0.1, 0.15) is 30.2 Å². The predicted octanol–water partition coefficient (Wildman–Crippen LogP) is -4.80. The van der Waals surface area contributed by atoms with E-state index in [2.05, 4.69) is 31.9 Å². The highest BCUT2D eigenvalue weighted by Crippen LogP contribution is 2.09. The maximum Gasteiger partial charge on any atom is 0.269 e. The van der Waals surface area contributed by atoms with Gasteiger partial charge in [0.25, 0.3) is 11.8 Å². The molecule has 0 aromatic heterocycles. The Morgan fingerprint density at radius 2 is 0.871 bits per heavy atom. The lowest BCUT2D eigenvalue weighted by Gasteiger charge is -2.28. The highest BCUT2D eigenvalue weighted by atomic mass is 16.5. The molecule has 9 amide bonds. The van der Waals surface area contributed by atoms with Crippen molar-refractivity contribution in [3.05, 3.63) is 23.3 Å². The molecule has 13 N–H and O–H groups in total. The van der Waals surface area contributed by atoms with Crippen LogP contribution in [0.2, 0.25) is 0 Å². The van der Waals surface area contributed by atoms with Crippen molar-refractivity contribution in [2.75, 3.05) is 52.6 Å². The first kappa shape index (κ1) is 54.4. The molecule has 350 valence electrons. The molecule has 0 radical (unpaired) electrons. The molecule has 0 aromatic carbocycles. The molecule has 5 atom stereocenters. The third-order valence-corrected chi connectivity index (χ3v) is 9.18. The van der Waals surface area contributed by atoms with E-state index in [-0.39, 0.29) is 71.1 Å². The molecule has 5 unspecified atom stereocenters. The second-order valence-electron chi connectivity index (χ2n) is 14.4. The monoisotopic (exact) mass is 887 g/mol. The fourth-order valence-corrected chi connectivity index (χ4v) is 5.60. The Bertz CT molecular complexity index is 1630. The molecule has 1 aliphatic heterocycles. The van der Waals surface area contributed by atoms with E-state index in [4.69, 9.17) is 10.2 Å². The highest BCUT2D eigenvalue weighted by molar-refractivity contribution is 5.97. The summed E-state index contributed by atoms with van der Waals surface area (Å²) in [7, 11) is 0. The number of aliphatic hydroxyl groups is 4. The number of amides is 9. The van der Waals surface area contributed by atoms with E-state index in [1.54, 1.807) is 13.8 Å². The average molecular weight is 888 g/mol. The number of hydroxylamine groups is 6. The smallest absolute Gasteiger partial charge is 0.269 e. The number of nitrogens with one attached hydrogen (secondary N) is 6. The first-order valence-corrected chi connectivity index (χ1v) is 19.8. The number of hydrogen-bond donors (Lipinski definition) is 13. The van der Waals surface area contributed by atoms with Gasteiger partial charge in [-0.2, -0.15) is 0 Å². The van der Waals surface area contributed by atoms with Gasteiger partial charge in [-0.1, -0.05) is 11.1 Å². The fourth-order valence-electron chi connectivity index (χ4n) is 5.60. The number of nitrogens with zero attached hydrogens (tertiary/aromatic N) is 3. The molecule has 0 aromatic rings. The minimum Gasteiger partial charge on any atom is -0.396 e. The molecule has 25 heteroatoms. The van der Waals surface area contributed by atoms with E-state index < -0.39 is 116 Å². The van der Waals surface area contributed by atoms with Crippen molar-refractivity contribution < 1.29 is 79.2 Å². The van der Waals surface area contributed by atoms with Gasteiger partial charge in [0.15, 0.2) is 0 Å². The van der Waals surface area contributed by atoms with Gasteiger partial charge in [0.05, 0.1) is 19.8 Å². The Morgan fingerprint density at radius 3 is 1.24 bits per heavy atom. The Hall–Kier alpha value is -5.57. The van der Waals surface area contributed by atoms with Gasteiger partial charge in [-0.15, -0.1) is 0 Å². The van der Waals surface area contributed by atoms with Gasteiger partial charge >= 0.3 is 0 Å². The molecule has 0 aliphatic carbocycles. The molecule has 1 aliphatic rings. The summed E-state index contributed by atoms with van der Waals surface area (Å²) in [5, 5.41) is 83.4. The number of carbonyl (C=O) groups is 9. The molecule has 0 saturated carbocycles. The third-order valence-electron chi connectivity index (χ3n) is 9.18. The lowest BCUT2D eigenvalue weighted by Crippen LogP contribution is -2.61. The Labute approximate surface area is 357 Å². The summed E-state index contributed by atoms with van der Waals surface area (Å²) in [5.74, 6) is -8.80. The van der Waals surface area contributed by atoms with Crippen molar-refractivity contribution in [3.8, 4) is 0 Å². The van der Waals surface area contributed by atoms with Crippen LogP contribution in [-0.4, -0.2) is 187 Å². The minimum atomic E-state index is -1.78. The Kier molecular flexibility index (Phi) is 25.3. The van der Waals surface area contributed by atoms with Crippen LogP contribution in [0.15, 0.2) is 23.3 Å². The lowest BCUT2D eigenvalue weighted by atomic mass is 10.0. The molecule has 0 bridgehead atoms. The maximum absolute atomic E-state index is 14.0. The van der Waals surface area contributed by atoms with E-state index in [0.717, 1.165) is 19.1 Å². The van der Waals surface area contributed by atoms with Crippen molar-refractivity contribution in [2.24, 2.45) is 0 Å². The zero-order chi connectivity index (χ0) is 46.9. The zero-order valence-electron chi connectivity index (χ0n) is 35.0. The van der Waals surface area contributed by atoms with Gasteiger partial charge in [0, 0.05) is 51.9 Å². The second-order valence-corrected chi connectivity index (χ2v) is 14.4. The predicted molar refractivity (Wildman–Crippen MR) is 212 cm³/mol. The number of rotatable bonds is 20.